The molecule has 1 amide bonds. The number of hydrogen-bond donors (Lipinski definition) is 1. The first-order valence-electron chi connectivity index (χ1n) is 11.4. The van der Waals surface area contributed by atoms with E-state index in [4.69, 9.17) is 0 Å². The number of halogens is 7. The number of carbonyl (C=O) groups excluding carboxylic acids is 1. The van der Waals surface area contributed by atoms with Crippen molar-refractivity contribution in [2.24, 2.45) is 0 Å². The van der Waals surface area contributed by atoms with E-state index < -0.39 is 52.2 Å². The number of aromatic nitrogens is 3. The molecule has 0 fully saturated rings. The van der Waals surface area contributed by atoms with Crippen molar-refractivity contribution < 1.29 is 40.5 Å². The van der Waals surface area contributed by atoms with E-state index >= 15 is 0 Å². The van der Waals surface area contributed by atoms with Crippen LogP contribution in [0.15, 0.2) is 71.9 Å². The number of nitrogens with one attached hydrogen (secondary N) is 1. The van der Waals surface area contributed by atoms with E-state index in [1.165, 1.54) is 41.0 Å². The molecule has 0 aliphatic carbocycles. The quantitative estimate of drug-likeness (QED) is 0.106. The van der Waals surface area contributed by atoms with Gasteiger partial charge in [0.15, 0.2) is 11.0 Å². The number of hydrogen-bond acceptors (Lipinski definition) is 6. The summed E-state index contributed by atoms with van der Waals surface area (Å²) in [5.74, 6) is -1.35. The average molecular weight is 599 g/mol. The summed E-state index contributed by atoms with van der Waals surface area (Å²) in [4.78, 5) is 23.1. The van der Waals surface area contributed by atoms with Gasteiger partial charge in [0.25, 0.3) is 11.6 Å². The molecular weight excluding hydrogens is 583 g/mol. The maximum Gasteiger partial charge on any atom is 0.416 e. The van der Waals surface area contributed by atoms with E-state index in [0.717, 1.165) is 17.3 Å². The summed E-state index contributed by atoms with van der Waals surface area (Å²) in [6.07, 6.45) is -10.3. The highest BCUT2D eigenvalue weighted by Crippen LogP contribution is 2.36. The molecule has 0 aliphatic heterocycles. The first-order chi connectivity index (χ1) is 19.2. The Balaban J connectivity index is 1.63. The summed E-state index contributed by atoms with van der Waals surface area (Å²) < 4.78 is 93.9. The predicted octanol–water partition coefficient (Wildman–Crippen LogP) is 6.57. The SMILES string of the molecule is O=C(NCc1nnc(SCc2ccc(F)cc2)n1-c1ccc([N+](=O)[O-])cc1)c1cc(C(F)(F)F)cc(C(F)(F)F)c1. The van der Waals surface area contributed by atoms with Crippen molar-refractivity contribution in [1.82, 2.24) is 20.1 Å². The van der Waals surface area contributed by atoms with Gasteiger partial charge >= 0.3 is 12.4 Å². The van der Waals surface area contributed by atoms with Crippen LogP contribution in [0.3, 0.4) is 0 Å². The number of nitro groups is 1. The molecule has 4 aromatic rings. The highest BCUT2D eigenvalue weighted by atomic mass is 32.2. The third-order valence-corrected chi connectivity index (χ3v) is 6.56. The maximum absolute atomic E-state index is 13.2. The Hall–Kier alpha value is -4.47. The number of benzene rings is 3. The van der Waals surface area contributed by atoms with Gasteiger partial charge < -0.3 is 5.32 Å². The van der Waals surface area contributed by atoms with Gasteiger partial charge in [-0.15, -0.1) is 10.2 Å². The Morgan fingerprint density at radius 3 is 2.02 bits per heavy atom. The molecule has 0 saturated heterocycles. The molecule has 4 rings (SSSR count). The standard InChI is InChI=1S/C25H16F7N5O3S/c26-18-3-1-14(2-4-18)13-41-23-35-34-21(36(23)19-5-7-20(8-6-19)37(39)40)12-33-22(38)15-9-16(24(27,28)29)11-17(10-15)25(30,31)32/h1-11H,12-13H2,(H,33,38). The number of amides is 1. The minimum atomic E-state index is -5.14. The van der Waals surface area contributed by atoms with Crippen LogP contribution in [0.25, 0.3) is 5.69 Å². The summed E-state index contributed by atoms with van der Waals surface area (Å²) in [6, 6.07) is 11.3. The Morgan fingerprint density at radius 1 is 0.902 bits per heavy atom. The number of thioether (sulfide) groups is 1. The molecule has 1 N–H and O–H groups in total. The summed E-state index contributed by atoms with van der Waals surface area (Å²) in [6.45, 7) is -0.475. The number of nitro benzene ring substituents is 1. The van der Waals surface area contributed by atoms with Gasteiger partial charge in [-0.2, -0.15) is 26.3 Å². The fourth-order valence-corrected chi connectivity index (χ4v) is 4.49. The number of rotatable bonds is 8. The lowest BCUT2D eigenvalue weighted by Gasteiger charge is -2.14. The monoisotopic (exact) mass is 599 g/mol. The summed E-state index contributed by atoms with van der Waals surface area (Å²) >= 11 is 1.14. The molecule has 0 aliphatic rings. The molecule has 1 heterocycles. The van der Waals surface area contributed by atoms with Crippen molar-refractivity contribution in [2.75, 3.05) is 0 Å². The zero-order valence-corrected chi connectivity index (χ0v) is 21.1. The molecule has 0 spiro atoms. The van der Waals surface area contributed by atoms with E-state index in [2.05, 4.69) is 15.5 Å². The summed E-state index contributed by atoms with van der Waals surface area (Å²) in [7, 11) is 0. The first kappa shape index (κ1) is 29.5. The lowest BCUT2D eigenvalue weighted by atomic mass is 10.0. The maximum atomic E-state index is 13.2. The zero-order valence-electron chi connectivity index (χ0n) is 20.3. The Bertz CT molecular complexity index is 1540. The van der Waals surface area contributed by atoms with Gasteiger partial charge in [-0.05, 0) is 48.0 Å². The summed E-state index contributed by atoms with van der Waals surface area (Å²) in [5.41, 5.74) is -3.35. The van der Waals surface area contributed by atoms with E-state index in [9.17, 15) is 45.6 Å². The van der Waals surface area contributed by atoms with E-state index in [0.29, 0.717) is 23.6 Å². The number of non-ortho nitro benzene ring substituents is 1. The zero-order chi connectivity index (χ0) is 29.9. The van der Waals surface area contributed by atoms with Crippen LogP contribution < -0.4 is 5.32 Å². The van der Waals surface area contributed by atoms with Crippen molar-refractivity contribution in [3.63, 3.8) is 0 Å². The third kappa shape index (κ3) is 7.19. The van der Waals surface area contributed by atoms with Crippen LogP contribution in [0.5, 0.6) is 0 Å². The van der Waals surface area contributed by atoms with Crippen LogP contribution in [0.1, 0.15) is 32.9 Å². The van der Waals surface area contributed by atoms with Gasteiger partial charge in [0.2, 0.25) is 0 Å². The van der Waals surface area contributed by atoms with Crippen molar-refractivity contribution >= 4 is 23.4 Å². The number of carbonyl (C=O) groups is 1. The second kappa shape index (κ2) is 11.6. The molecule has 3 aromatic carbocycles. The van der Waals surface area contributed by atoms with Crippen molar-refractivity contribution in [3.05, 3.63) is 111 Å². The van der Waals surface area contributed by atoms with Crippen LogP contribution in [-0.2, 0) is 24.7 Å². The van der Waals surface area contributed by atoms with Gasteiger partial charge in [-0.3, -0.25) is 19.5 Å². The number of nitrogens with zero attached hydrogens (tertiary/aromatic N) is 4. The lowest BCUT2D eigenvalue weighted by Crippen LogP contribution is -2.26. The van der Waals surface area contributed by atoms with Gasteiger partial charge in [0.1, 0.15) is 5.82 Å². The van der Waals surface area contributed by atoms with E-state index in [1.54, 1.807) is 12.1 Å². The largest absolute Gasteiger partial charge is 0.416 e. The fraction of sp³-hybridized carbons (Fsp3) is 0.160. The highest BCUT2D eigenvalue weighted by Gasteiger charge is 2.37. The molecule has 8 nitrogen and oxygen atoms in total. The summed E-state index contributed by atoms with van der Waals surface area (Å²) in [5, 5.41) is 21.6. The molecule has 0 radical (unpaired) electrons. The van der Waals surface area contributed by atoms with Crippen LogP contribution in [0.4, 0.5) is 36.4 Å². The Labute approximate surface area is 230 Å². The second-order valence-electron chi connectivity index (χ2n) is 8.40. The molecule has 214 valence electrons. The van der Waals surface area contributed by atoms with Crippen LogP contribution in [0, 0.1) is 15.9 Å². The minimum absolute atomic E-state index is 0.0248. The normalized spacial score (nSPS) is 11.9. The second-order valence-corrected chi connectivity index (χ2v) is 9.34. The predicted molar refractivity (Wildman–Crippen MR) is 132 cm³/mol. The molecule has 0 unspecified atom stereocenters. The lowest BCUT2D eigenvalue weighted by molar-refractivity contribution is -0.384. The van der Waals surface area contributed by atoms with Crippen molar-refractivity contribution in [1.29, 1.82) is 0 Å². The average Bonchev–Trinajstić information content (AvgIpc) is 3.33. The topological polar surface area (TPSA) is 103 Å². The molecule has 0 atom stereocenters. The van der Waals surface area contributed by atoms with Gasteiger partial charge in [0, 0.05) is 29.1 Å². The van der Waals surface area contributed by atoms with Crippen LogP contribution in [0.2, 0.25) is 0 Å². The van der Waals surface area contributed by atoms with Crippen molar-refractivity contribution in [2.45, 2.75) is 29.8 Å². The highest BCUT2D eigenvalue weighted by molar-refractivity contribution is 7.98. The molecule has 0 bridgehead atoms. The van der Waals surface area contributed by atoms with Gasteiger partial charge in [-0.1, -0.05) is 23.9 Å². The third-order valence-electron chi connectivity index (χ3n) is 5.56. The Kier molecular flexibility index (Phi) is 8.32. The Morgan fingerprint density at radius 2 is 1.49 bits per heavy atom. The van der Waals surface area contributed by atoms with Crippen LogP contribution in [-0.4, -0.2) is 25.6 Å². The van der Waals surface area contributed by atoms with Crippen LogP contribution >= 0.6 is 11.8 Å². The van der Waals surface area contributed by atoms with E-state index in [1.807, 2.05) is 0 Å². The molecular formula is C25H16F7N5O3S. The fourth-order valence-electron chi connectivity index (χ4n) is 3.57. The molecule has 1 aromatic heterocycles. The van der Waals surface area contributed by atoms with Gasteiger partial charge in [-0.25, -0.2) is 4.39 Å². The first-order valence-corrected chi connectivity index (χ1v) is 12.3. The molecule has 16 heteroatoms. The number of alkyl halides is 6. The molecule has 0 saturated carbocycles. The molecule has 41 heavy (non-hydrogen) atoms. The van der Waals surface area contributed by atoms with Gasteiger partial charge in [0.05, 0.1) is 22.6 Å². The van der Waals surface area contributed by atoms with Crippen molar-refractivity contribution in [3.8, 4) is 5.69 Å². The minimum Gasteiger partial charge on any atom is -0.345 e. The smallest absolute Gasteiger partial charge is 0.345 e. The van der Waals surface area contributed by atoms with E-state index in [-0.39, 0.29) is 22.7 Å².